The molecule has 8 N–H and O–H groups in total. The van der Waals surface area contributed by atoms with Gasteiger partial charge in [0.2, 0.25) is 14.9 Å². The Morgan fingerprint density at radius 3 is 1.19 bits per heavy atom. The topological polar surface area (TPSA) is 438 Å². The van der Waals surface area contributed by atoms with E-state index in [4.69, 9.17) is 44.0 Å². The second-order valence-electron chi connectivity index (χ2n) is 27.9. The molecule has 4 aromatic heterocycles. The van der Waals surface area contributed by atoms with Gasteiger partial charge in [0.05, 0.1) is 64.4 Å². The number of nitrogen functional groups attached to an aromatic ring is 1. The van der Waals surface area contributed by atoms with Crippen molar-refractivity contribution >= 4 is 96.5 Å². The molecule has 2 aliphatic heterocycles. The quantitative estimate of drug-likeness (QED) is 0.00936. The molecule has 4 aromatic rings. The van der Waals surface area contributed by atoms with E-state index in [0.29, 0.717) is 35.3 Å². The highest BCUT2D eigenvalue weighted by Crippen LogP contribution is 2.44. The van der Waals surface area contributed by atoms with Gasteiger partial charge in [-0.25, -0.2) is 55.0 Å². The highest BCUT2D eigenvalue weighted by Gasteiger charge is 2.45. The van der Waals surface area contributed by atoms with Crippen LogP contribution in [0, 0.1) is 0 Å². The van der Waals surface area contributed by atoms with Crippen molar-refractivity contribution in [3.05, 3.63) is 25.3 Å². The van der Waals surface area contributed by atoms with Crippen LogP contribution in [-0.4, -0.2) is 178 Å². The van der Waals surface area contributed by atoms with E-state index in [1.165, 1.54) is 19.0 Å². The number of aromatic nitrogens is 8. The number of hydrogen-bond acceptors (Lipinski definition) is 25. The molecule has 2 aliphatic rings. The number of amides is 1. The Kier molecular flexibility index (Phi) is 36.6. The van der Waals surface area contributed by atoms with Crippen LogP contribution in [0.25, 0.3) is 22.3 Å². The number of fused-ring (bicyclic) bond motifs is 2. The number of nitrogens with zero attached hydrogens (tertiary/aromatic N) is 8. The summed E-state index contributed by atoms with van der Waals surface area (Å²) in [7, 11) is -7.62. The van der Waals surface area contributed by atoms with Gasteiger partial charge in [-0.2, -0.15) is 0 Å². The van der Waals surface area contributed by atoms with Gasteiger partial charge in [0.1, 0.15) is 53.0 Å². The molecule has 0 bridgehead atoms. The molecule has 6 heterocycles. The van der Waals surface area contributed by atoms with Crippen LogP contribution in [0.3, 0.4) is 0 Å². The van der Waals surface area contributed by atoms with Crippen molar-refractivity contribution in [2.45, 2.75) is 285 Å². The van der Waals surface area contributed by atoms with Gasteiger partial charge >= 0.3 is 41.8 Å². The van der Waals surface area contributed by atoms with Crippen LogP contribution in [0.4, 0.5) is 11.6 Å². The van der Waals surface area contributed by atoms with Crippen molar-refractivity contribution < 1.29 is 90.5 Å². The molecule has 4 atom stereocenters. The van der Waals surface area contributed by atoms with Crippen LogP contribution in [0.2, 0.25) is 0 Å². The molecule has 0 aliphatic carbocycles. The van der Waals surface area contributed by atoms with E-state index in [1.807, 2.05) is 6.92 Å². The first-order chi connectivity index (χ1) is 48.5. The molecule has 33 nitrogen and oxygen atoms in total. The molecule has 580 valence electrons. The van der Waals surface area contributed by atoms with E-state index in [0.717, 1.165) is 103 Å². The van der Waals surface area contributed by atoms with Crippen LogP contribution >= 0.6 is 14.9 Å². The highest BCUT2D eigenvalue weighted by molar-refractivity contribution is 7.60. The number of nitrogens with one attached hydrogen (secondary N) is 5. The molecule has 0 saturated carbocycles. The number of carboxylic acid groups (broad SMARTS) is 1. The summed E-state index contributed by atoms with van der Waals surface area (Å²) in [5.41, 5.74) is 2.19. The zero-order valence-electron chi connectivity index (χ0n) is 62.8. The first kappa shape index (κ1) is 88.3. The predicted octanol–water partition coefficient (Wildman–Crippen LogP) is 9.73. The third-order valence-corrected chi connectivity index (χ3v) is 20.9. The fraction of sp³-hybridized carbons (Fsp3) is 0.735. The molecular weight excluding hydrogens is 1380 g/mol. The van der Waals surface area contributed by atoms with E-state index >= 15 is 0 Å². The number of anilines is 2. The summed E-state index contributed by atoms with van der Waals surface area (Å²) in [5.74, 6) is -4.22. The van der Waals surface area contributed by atoms with Crippen molar-refractivity contribution in [3.8, 4) is 0 Å². The minimum absolute atomic E-state index is 0.164. The lowest BCUT2D eigenvalue weighted by Gasteiger charge is -2.35. The number of carbonyl (C=O) groups is 8. The molecule has 35 heteroatoms. The summed E-state index contributed by atoms with van der Waals surface area (Å²) < 4.78 is 76.1. The summed E-state index contributed by atoms with van der Waals surface area (Å²) in [4.78, 5) is 122. The Labute approximate surface area is 604 Å². The van der Waals surface area contributed by atoms with Crippen LogP contribution < -0.4 is 31.4 Å². The summed E-state index contributed by atoms with van der Waals surface area (Å²) in [6, 6.07) is 0. The lowest BCUT2D eigenvalue weighted by Crippen LogP contribution is -2.54. The number of imidazole rings is 2. The zero-order valence-corrected chi connectivity index (χ0v) is 64.6. The van der Waals surface area contributed by atoms with Gasteiger partial charge in [-0.3, -0.25) is 42.7 Å². The Bertz CT molecular complexity index is 3410. The number of aliphatic carboxylic acids is 1. The number of carboxylic acids is 1. The van der Waals surface area contributed by atoms with Gasteiger partial charge < -0.3 is 63.2 Å². The van der Waals surface area contributed by atoms with E-state index in [-0.39, 0.29) is 70.2 Å². The fourth-order valence-electron chi connectivity index (χ4n) is 10.5. The molecule has 2 fully saturated rings. The maximum absolute atomic E-state index is 14.6. The monoisotopic (exact) mass is 1490 g/mol. The molecule has 6 rings (SSSR count). The smallest absolute Gasteiger partial charge is 0.345 e. The second kappa shape index (κ2) is 42.7. The SMILES string of the molecule is CCCCCCOC(=O)C(C)(C)NP(=O)(CO[C@H](C)Cn1cnc2c(N)ncnc21)NC(C)(C)C(=O)OCCCCCC.CCCCCCOC(=O)C(C)(C)NP(=O)(CO[C@H](C)Cn1cnc2c(NC(=O)[C@H]3CCC(=O)O3)ncnc21)NC(C)(C)C(=O)OCCCCCC.O=C1CC[C@H](C(=O)O)O1. The number of nitrogens with two attached hydrogens (primary N) is 1. The van der Waals surface area contributed by atoms with Crippen molar-refractivity contribution in [2.75, 3.05) is 50.2 Å². The van der Waals surface area contributed by atoms with E-state index in [1.54, 1.807) is 77.8 Å². The lowest BCUT2D eigenvalue weighted by atomic mass is 10.1. The minimum Gasteiger partial charge on any atom is -0.479 e. The van der Waals surface area contributed by atoms with Gasteiger partial charge in [0.25, 0.3) is 5.91 Å². The van der Waals surface area contributed by atoms with E-state index in [2.05, 4.69) is 88.0 Å². The Balaban J connectivity index is 0.000000392. The largest absolute Gasteiger partial charge is 0.479 e. The number of cyclic esters (lactones) is 2. The molecule has 0 aromatic carbocycles. The number of rotatable bonds is 45. The summed E-state index contributed by atoms with van der Waals surface area (Å²) in [6.07, 6.45) is 18.4. The Morgan fingerprint density at radius 2 is 0.864 bits per heavy atom. The van der Waals surface area contributed by atoms with Gasteiger partial charge in [-0.05, 0) is 94.9 Å². The summed E-state index contributed by atoms with van der Waals surface area (Å²) >= 11 is 0. The van der Waals surface area contributed by atoms with E-state index < -0.39 is 115 Å². The predicted molar refractivity (Wildman–Crippen MR) is 385 cm³/mol. The average Bonchev–Trinajstić information content (AvgIpc) is 1.79. The average molecular weight is 1490 g/mol. The maximum atomic E-state index is 14.6. The summed E-state index contributed by atoms with van der Waals surface area (Å²) in [6.45, 7) is 26.2. The Hall–Kier alpha value is -7.12. The second-order valence-corrected chi connectivity index (χ2v) is 32.3. The molecule has 0 unspecified atom stereocenters. The molecule has 2 saturated heterocycles. The first-order valence-electron chi connectivity index (χ1n) is 35.8. The number of ether oxygens (including phenoxy) is 8. The van der Waals surface area contributed by atoms with Crippen molar-refractivity contribution in [2.24, 2.45) is 0 Å². The summed E-state index contributed by atoms with van der Waals surface area (Å²) in [5, 5.41) is 22.7. The number of unbranched alkanes of at least 4 members (excludes halogenated alkanes) is 12. The van der Waals surface area contributed by atoms with Gasteiger partial charge in [-0.15, -0.1) is 0 Å². The van der Waals surface area contributed by atoms with Gasteiger partial charge in [0, 0.05) is 25.7 Å². The fourth-order valence-corrected chi connectivity index (χ4v) is 15.8. The van der Waals surface area contributed by atoms with Crippen molar-refractivity contribution in [3.63, 3.8) is 0 Å². The van der Waals surface area contributed by atoms with Crippen LogP contribution in [0.1, 0.15) is 225 Å². The molecule has 1 amide bonds. The minimum atomic E-state index is -3.86. The molecular formula is C68H114N14O19P2. The van der Waals surface area contributed by atoms with E-state index in [9.17, 15) is 47.5 Å². The maximum Gasteiger partial charge on any atom is 0.345 e. The number of hydrogen-bond donors (Lipinski definition) is 7. The van der Waals surface area contributed by atoms with Crippen LogP contribution in [0.5, 0.6) is 0 Å². The number of esters is 6. The highest BCUT2D eigenvalue weighted by atomic mass is 31.2. The molecule has 0 spiro atoms. The zero-order chi connectivity index (χ0) is 76.6. The first-order valence-corrected chi connectivity index (χ1v) is 39.6. The van der Waals surface area contributed by atoms with Crippen LogP contribution in [-0.2, 0) is 98.5 Å². The van der Waals surface area contributed by atoms with Gasteiger partial charge in [-0.1, -0.05) is 105 Å². The third-order valence-electron chi connectivity index (χ3n) is 16.2. The Morgan fingerprint density at radius 1 is 0.524 bits per heavy atom. The standard InChI is InChI=1S/C34H56N7O9P.C29H52N7O6P.C5H6O4/c1-8-10-12-14-18-47-31(44)33(4,5)39-51(46,40-34(6,7)32(45)48-19-15-13-11-9-2)23-49-24(3)20-41-22-37-27-28(35-21-36-29(27)41)38-30(43)25-16-17-26(42)50-25;1-8-10-12-14-16-40-26(37)28(4,5)34-43(39,35-29(6,7)27(38)41-17-15-13-11-9-2)21-42-22(3)18-36-20-33-23-24(30)31-19-32-25(23)36;6-4-2-1-3(9-4)5(7)8/h21-22,24-25H,8-20,23H2,1-7H3,(H2,39,40,46)(H,35,36,38,43);19-20,22H,8-18,21H2,1-7H3,(H2,30,31,32)(H2,34,35,39);3H,1-2H2,(H,7,8)/t24-,25-;22-;3-/m111/s1. The molecule has 0 radical (unpaired) electrons. The lowest BCUT2D eigenvalue weighted by molar-refractivity contribution is -0.156. The normalized spacial score (nSPS) is 15.6. The number of carbonyl (C=O) groups excluding carboxylic acids is 7. The van der Waals surface area contributed by atoms with Gasteiger partial charge in [0.15, 0.2) is 40.7 Å². The van der Waals surface area contributed by atoms with Crippen molar-refractivity contribution in [1.29, 1.82) is 0 Å². The van der Waals surface area contributed by atoms with Crippen LogP contribution in [0.15, 0.2) is 25.3 Å². The third kappa shape index (κ3) is 30.1. The molecule has 103 heavy (non-hydrogen) atoms. The van der Waals surface area contributed by atoms with Crippen molar-refractivity contribution in [1.82, 2.24) is 59.4 Å².